The summed E-state index contributed by atoms with van der Waals surface area (Å²) < 4.78 is 0. The molecule has 2 aromatic rings. The average Bonchev–Trinajstić information content (AvgIpc) is 2.42. The van der Waals surface area contributed by atoms with E-state index in [0.717, 1.165) is 0 Å². The van der Waals surface area contributed by atoms with Crippen molar-refractivity contribution in [2.45, 2.75) is 6.92 Å². The molecule has 0 radical (unpaired) electrons. The summed E-state index contributed by atoms with van der Waals surface area (Å²) in [6, 6.07) is 8.73. The van der Waals surface area contributed by atoms with Crippen molar-refractivity contribution >= 4 is 12.1 Å². The monoisotopic (exact) mass is 286 g/mol. The van der Waals surface area contributed by atoms with Crippen molar-refractivity contribution in [1.29, 1.82) is 0 Å². The first kappa shape index (κ1) is 14.4. The molecule has 0 saturated heterocycles. The van der Waals surface area contributed by atoms with Gasteiger partial charge in [0, 0.05) is 11.6 Å². The number of aromatic hydroxyl groups is 3. The van der Waals surface area contributed by atoms with E-state index >= 15 is 0 Å². The van der Waals surface area contributed by atoms with Gasteiger partial charge in [-0.1, -0.05) is 12.1 Å². The summed E-state index contributed by atoms with van der Waals surface area (Å²) in [7, 11) is 0. The van der Waals surface area contributed by atoms with Gasteiger partial charge in [-0.25, -0.2) is 5.43 Å². The molecule has 0 spiro atoms. The Labute approximate surface area is 121 Å². The van der Waals surface area contributed by atoms with E-state index in [9.17, 15) is 20.1 Å². The molecule has 21 heavy (non-hydrogen) atoms. The van der Waals surface area contributed by atoms with Crippen LogP contribution in [0.3, 0.4) is 0 Å². The number of hydrazone groups is 1. The molecule has 0 atom stereocenters. The summed E-state index contributed by atoms with van der Waals surface area (Å²) in [6.45, 7) is 1.69. The lowest BCUT2D eigenvalue weighted by Gasteiger charge is -2.05. The van der Waals surface area contributed by atoms with E-state index in [1.807, 2.05) is 0 Å². The molecule has 0 unspecified atom stereocenters. The molecule has 0 aliphatic rings. The van der Waals surface area contributed by atoms with E-state index in [-0.39, 0.29) is 22.8 Å². The Bertz CT molecular complexity index is 688. The van der Waals surface area contributed by atoms with Crippen molar-refractivity contribution in [1.82, 2.24) is 5.43 Å². The molecular formula is C15H14N2O4. The first-order chi connectivity index (χ1) is 9.99. The number of amides is 1. The number of carbonyl (C=O) groups is 1. The zero-order valence-electron chi connectivity index (χ0n) is 11.2. The SMILES string of the molecule is Cc1cc(O)cc(O)c1/C=N\NC(=O)c1ccccc1O. The van der Waals surface area contributed by atoms with Crippen LogP contribution in [0.5, 0.6) is 17.2 Å². The molecule has 0 bridgehead atoms. The second-order valence-electron chi connectivity index (χ2n) is 4.41. The van der Waals surface area contributed by atoms with Crippen molar-refractivity contribution in [3.05, 3.63) is 53.1 Å². The Hall–Kier alpha value is -3.02. The molecule has 2 rings (SSSR count). The number of nitrogens with one attached hydrogen (secondary N) is 1. The number of para-hydroxylation sites is 1. The molecular weight excluding hydrogens is 272 g/mol. The van der Waals surface area contributed by atoms with Crippen molar-refractivity contribution in [2.24, 2.45) is 5.10 Å². The van der Waals surface area contributed by atoms with Crippen molar-refractivity contribution < 1.29 is 20.1 Å². The first-order valence-corrected chi connectivity index (χ1v) is 6.13. The highest BCUT2D eigenvalue weighted by Gasteiger charge is 2.09. The van der Waals surface area contributed by atoms with Gasteiger partial charge in [0.25, 0.3) is 5.91 Å². The van der Waals surface area contributed by atoms with Crippen LogP contribution in [-0.4, -0.2) is 27.4 Å². The number of hydrogen-bond acceptors (Lipinski definition) is 5. The number of nitrogens with zero attached hydrogens (tertiary/aromatic N) is 1. The van der Waals surface area contributed by atoms with Gasteiger partial charge in [0.1, 0.15) is 17.2 Å². The average molecular weight is 286 g/mol. The molecule has 0 aromatic heterocycles. The van der Waals surface area contributed by atoms with Gasteiger partial charge in [0.2, 0.25) is 0 Å². The molecule has 2 aromatic carbocycles. The normalized spacial score (nSPS) is 10.7. The van der Waals surface area contributed by atoms with E-state index < -0.39 is 5.91 Å². The molecule has 6 nitrogen and oxygen atoms in total. The maximum absolute atomic E-state index is 11.8. The van der Waals surface area contributed by atoms with Crippen molar-refractivity contribution in [2.75, 3.05) is 0 Å². The fourth-order valence-electron chi connectivity index (χ4n) is 1.81. The number of carbonyl (C=O) groups excluding carboxylic acids is 1. The largest absolute Gasteiger partial charge is 0.508 e. The lowest BCUT2D eigenvalue weighted by Crippen LogP contribution is -2.17. The summed E-state index contributed by atoms with van der Waals surface area (Å²) in [4.78, 5) is 11.8. The molecule has 108 valence electrons. The lowest BCUT2D eigenvalue weighted by molar-refractivity contribution is 0.0952. The van der Waals surface area contributed by atoms with Gasteiger partial charge in [-0.05, 0) is 30.7 Å². The van der Waals surface area contributed by atoms with Gasteiger partial charge in [0.15, 0.2) is 0 Å². The molecule has 0 saturated carbocycles. The quantitative estimate of drug-likeness (QED) is 0.511. The predicted octanol–water partition coefficient (Wildman–Crippen LogP) is 1.88. The lowest BCUT2D eigenvalue weighted by atomic mass is 10.1. The van der Waals surface area contributed by atoms with Gasteiger partial charge < -0.3 is 15.3 Å². The number of aryl methyl sites for hydroxylation is 1. The standard InChI is InChI=1S/C15H14N2O4/c1-9-6-10(18)7-14(20)12(9)8-16-17-15(21)11-4-2-3-5-13(11)19/h2-8,18-20H,1H3,(H,17,21)/b16-8-. The minimum absolute atomic E-state index is 0.0552. The minimum atomic E-state index is -0.569. The fraction of sp³-hybridized carbons (Fsp3) is 0.0667. The number of phenols is 3. The molecule has 0 aliphatic carbocycles. The summed E-state index contributed by atoms with van der Waals surface area (Å²) >= 11 is 0. The van der Waals surface area contributed by atoms with E-state index in [1.54, 1.807) is 19.1 Å². The fourth-order valence-corrected chi connectivity index (χ4v) is 1.81. The highest BCUT2D eigenvalue weighted by Crippen LogP contribution is 2.25. The van der Waals surface area contributed by atoms with Gasteiger partial charge >= 0.3 is 0 Å². The van der Waals surface area contributed by atoms with E-state index in [1.165, 1.54) is 30.5 Å². The second kappa shape index (κ2) is 5.96. The Balaban J connectivity index is 2.13. The van der Waals surface area contributed by atoms with Gasteiger partial charge in [-0.2, -0.15) is 5.10 Å². The summed E-state index contributed by atoms with van der Waals surface area (Å²) in [5.74, 6) is -0.914. The van der Waals surface area contributed by atoms with Crippen LogP contribution in [0.2, 0.25) is 0 Å². The predicted molar refractivity (Wildman–Crippen MR) is 77.7 cm³/mol. The van der Waals surface area contributed by atoms with Gasteiger partial charge in [0.05, 0.1) is 11.8 Å². The number of phenolic OH excluding ortho intramolecular Hbond substituents is 3. The van der Waals surface area contributed by atoms with E-state index in [4.69, 9.17) is 0 Å². The smallest absolute Gasteiger partial charge is 0.275 e. The molecule has 0 fully saturated rings. The third-order valence-electron chi connectivity index (χ3n) is 2.86. The third-order valence-corrected chi connectivity index (χ3v) is 2.86. The Kier molecular flexibility index (Phi) is 4.08. The summed E-state index contributed by atoms with van der Waals surface area (Å²) in [5, 5.41) is 32.3. The van der Waals surface area contributed by atoms with Crippen LogP contribution in [0.15, 0.2) is 41.5 Å². The van der Waals surface area contributed by atoms with Gasteiger partial charge in [-0.15, -0.1) is 0 Å². The number of hydrogen-bond donors (Lipinski definition) is 4. The van der Waals surface area contributed by atoms with E-state index in [0.29, 0.717) is 11.1 Å². The summed E-state index contributed by atoms with van der Waals surface area (Å²) in [5.41, 5.74) is 3.34. The summed E-state index contributed by atoms with van der Waals surface area (Å²) in [6.07, 6.45) is 1.27. The zero-order valence-corrected chi connectivity index (χ0v) is 11.2. The molecule has 0 heterocycles. The topological polar surface area (TPSA) is 102 Å². The number of benzene rings is 2. The van der Waals surface area contributed by atoms with Crippen LogP contribution in [0.4, 0.5) is 0 Å². The Morgan fingerprint density at radius 1 is 1.14 bits per heavy atom. The Morgan fingerprint density at radius 2 is 1.86 bits per heavy atom. The second-order valence-corrected chi connectivity index (χ2v) is 4.41. The number of rotatable bonds is 3. The van der Waals surface area contributed by atoms with Gasteiger partial charge in [-0.3, -0.25) is 4.79 Å². The van der Waals surface area contributed by atoms with E-state index in [2.05, 4.69) is 10.5 Å². The van der Waals surface area contributed by atoms with Crippen LogP contribution < -0.4 is 5.43 Å². The highest BCUT2D eigenvalue weighted by molar-refractivity contribution is 5.97. The minimum Gasteiger partial charge on any atom is -0.508 e. The van der Waals surface area contributed by atoms with Crippen molar-refractivity contribution in [3.63, 3.8) is 0 Å². The maximum Gasteiger partial charge on any atom is 0.275 e. The van der Waals surface area contributed by atoms with Crippen molar-refractivity contribution in [3.8, 4) is 17.2 Å². The van der Waals surface area contributed by atoms with Crippen LogP contribution in [0, 0.1) is 6.92 Å². The first-order valence-electron chi connectivity index (χ1n) is 6.13. The maximum atomic E-state index is 11.8. The molecule has 6 heteroatoms. The zero-order chi connectivity index (χ0) is 15.4. The Morgan fingerprint density at radius 3 is 2.52 bits per heavy atom. The van der Waals surface area contributed by atoms with Crippen LogP contribution in [-0.2, 0) is 0 Å². The van der Waals surface area contributed by atoms with Crippen LogP contribution in [0.25, 0.3) is 0 Å². The van der Waals surface area contributed by atoms with Crippen LogP contribution >= 0.6 is 0 Å². The third kappa shape index (κ3) is 3.30. The highest BCUT2D eigenvalue weighted by atomic mass is 16.3. The molecule has 1 amide bonds. The van der Waals surface area contributed by atoms with Crippen LogP contribution in [0.1, 0.15) is 21.5 Å². The molecule has 0 aliphatic heterocycles. The molecule has 4 N–H and O–H groups in total.